The number of ketones is 1. The first-order valence-corrected chi connectivity index (χ1v) is 23.2. The van der Waals surface area contributed by atoms with Crippen molar-refractivity contribution in [2.24, 2.45) is 11.8 Å². The van der Waals surface area contributed by atoms with Crippen molar-refractivity contribution in [2.75, 3.05) is 39.5 Å². The predicted octanol–water partition coefficient (Wildman–Crippen LogP) is 4.62. The molecule has 2 heterocycles. The van der Waals surface area contributed by atoms with Gasteiger partial charge in [-0.2, -0.15) is 0 Å². The molecule has 0 radical (unpaired) electrons. The summed E-state index contributed by atoms with van der Waals surface area (Å²) in [6, 6.07) is 22.2. The van der Waals surface area contributed by atoms with Crippen molar-refractivity contribution in [1.82, 2.24) is 21.3 Å². The number of hydrogen-bond acceptors (Lipinski definition) is 9. The number of carbonyl (C=O) groups is 6. The van der Waals surface area contributed by atoms with Gasteiger partial charge in [0, 0.05) is 18.4 Å². The van der Waals surface area contributed by atoms with Gasteiger partial charge in [0.05, 0.1) is 32.3 Å². The molecule has 2 aliphatic rings. The molecule has 4 N–H and O–H groups in total. The summed E-state index contributed by atoms with van der Waals surface area (Å²) in [5, 5.41) is 11.8. The van der Waals surface area contributed by atoms with Crippen molar-refractivity contribution >= 4 is 35.4 Å². The zero-order valence-electron chi connectivity index (χ0n) is 39.1. The number of hydrogen-bond donors (Lipinski definition) is 4. The van der Waals surface area contributed by atoms with Crippen LogP contribution in [-0.2, 0) is 57.6 Å². The Hall–Kier alpha value is -5.88. The van der Waals surface area contributed by atoms with E-state index in [0.29, 0.717) is 62.3 Å². The number of Topliss-reactive ketones (excluding diaryl/α,β-unsaturated/α-hetero) is 1. The Bertz CT molecular complexity index is 2130. The second kappa shape index (κ2) is 24.6. The lowest BCUT2D eigenvalue weighted by Crippen LogP contribution is -2.61. The normalized spacial score (nSPS) is 18.2. The molecule has 2 aliphatic heterocycles. The first kappa shape index (κ1) is 51.1. The Morgan fingerprint density at radius 1 is 0.712 bits per heavy atom. The van der Waals surface area contributed by atoms with Crippen molar-refractivity contribution in [3.05, 3.63) is 102 Å². The van der Waals surface area contributed by atoms with Crippen LogP contribution in [0.1, 0.15) is 83.4 Å². The number of nitrogens with zero attached hydrogens (tertiary/aromatic N) is 1. The maximum atomic E-state index is 14.5. The molecule has 0 saturated carbocycles. The van der Waals surface area contributed by atoms with E-state index in [9.17, 15) is 28.8 Å². The van der Waals surface area contributed by atoms with Crippen LogP contribution in [0.15, 0.2) is 84.9 Å². The number of esters is 1. The number of benzene rings is 3. The molecule has 0 bridgehead atoms. The number of nitrogens with one attached hydrogen (secondary N) is 4. The third-order valence-electron chi connectivity index (χ3n) is 12.0. The van der Waals surface area contributed by atoms with Crippen LogP contribution in [-0.4, -0.2) is 109 Å². The van der Waals surface area contributed by atoms with E-state index >= 15 is 0 Å². The van der Waals surface area contributed by atoms with Gasteiger partial charge in [-0.25, -0.2) is 0 Å². The Morgan fingerprint density at radius 3 is 1.85 bits per heavy atom. The van der Waals surface area contributed by atoms with Crippen LogP contribution in [0, 0.1) is 24.2 Å². The van der Waals surface area contributed by atoms with Crippen LogP contribution in [0.2, 0.25) is 0 Å². The molecule has 3 aromatic rings. The van der Waals surface area contributed by atoms with Gasteiger partial charge in [0.25, 0.3) is 5.91 Å². The number of carbonyl (C=O) groups excluding carboxylic acids is 6. The fourth-order valence-electron chi connectivity index (χ4n) is 8.18. The SMILES string of the molecule is C#CCCC(=O)Oc1ccc(C[N+]2(CC(=O)NC(CCc3ccccc3)C(=O)NC(CC(C)C)C(=O)NC(Cc3ccccc3)C(=O)NC(CC(C)C)C(=O)[C@@]3(C)CO3)CCOCC2)cc1. The van der Waals surface area contributed by atoms with E-state index in [1.54, 1.807) is 19.1 Å². The quantitative estimate of drug-likeness (QED) is 0.0310. The van der Waals surface area contributed by atoms with Gasteiger partial charge in [-0.3, -0.25) is 28.8 Å². The molecular weight excluding hydrogens is 839 g/mol. The van der Waals surface area contributed by atoms with E-state index in [-0.39, 0.29) is 62.4 Å². The fraction of sp³-hybridized carbons (Fsp3) is 0.500. The Balaban J connectivity index is 1.33. The Labute approximate surface area is 389 Å². The van der Waals surface area contributed by atoms with Gasteiger partial charge in [0.1, 0.15) is 49.1 Å². The van der Waals surface area contributed by atoms with Gasteiger partial charge in [-0.15, -0.1) is 12.3 Å². The topological polar surface area (TPSA) is 182 Å². The molecule has 5 rings (SSSR count). The average molecular weight is 907 g/mol. The van der Waals surface area contributed by atoms with E-state index in [1.807, 2.05) is 100 Å². The van der Waals surface area contributed by atoms with E-state index in [0.717, 1.165) is 16.7 Å². The summed E-state index contributed by atoms with van der Waals surface area (Å²) < 4.78 is 16.9. The van der Waals surface area contributed by atoms with Crippen molar-refractivity contribution in [3.63, 3.8) is 0 Å². The number of rotatable bonds is 25. The van der Waals surface area contributed by atoms with Gasteiger partial charge in [-0.05, 0) is 79.8 Å². The molecule has 0 spiro atoms. The maximum absolute atomic E-state index is 14.5. The highest BCUT2D eigenvalue weighted by atomic mass is 16.6. The van der Waals surface area contributed by atoms with Gasteiger partial charge < -0.3 is 40.0 Å². The highest BCUT2D eigenvalue weighted by Gasteiger charge is 2.50. The highest BCUT2D eigenvalue weighted by molar-refractivity contribution is 5.98. The van der Waals surface area contributed by atoms with Crippen LogP contribution < -0.4 is 26.0 Å². The van der Waals surface area contributed by atoms with Crippen LogP contribution in [0.4, 0.5) is 0 Å². The van der Waals surface area contributed by atoms with E-state index in [1.165, 1.54) is 0 Å². The smallest absolute Gasteiger partial charge is 0.312 e. The lowest BCUT2D eigenvalue weighted by Gasteiger charge is -2.41. The second-order valence-corrected chi connectivity index (χ2v) is 18.7. The molecule has 66 heavy (non-hydrogen) atoms. The van der Waals surface area contributed by atoms with E-state index < -0.39 is 53.5 Å². The van der Waals surface area contributed by atoms with Crippen molar-refractivity contribution in [3.8, 4) is 18.1 Å². The van der Waals surface area contributed by atoms with Crippen LogP contribution >= 0.6 is 0 Å². The maximum Gasteiger partial charge on any atom is 0.312 e. The van der Waals surface area contributed by atoms with E-state index in [2.05, 4.69) is 27.2 Å². The molecule has 3 aromatic carbocycles. The lowest BCUT2D eigenvalue weighted by molar-refractivity contribution is -0.940. The van der Waals surface area contributed by atoms with Crippen LogP contribution in [0.25, 0.3) is 0 Å². The standard InChI is InChI=1S/C52H67N5O9/c1-7-8-19-47(59)66-41-23-20-40(21-24-41)33-57(26-28-64-29-27-57)34-46(58)53-42(25-22-38-15-11-9-12-16-38)49(61)55-44(31-37(4)5)50(62)56-45(32-39-17-13-10-14-18-39)51(63)54-43(30-36(2)3)48(60)52(6)35-65-52/h1,9-18,20-21,23-24,36-37,42-45H,8,19,22,25-35H2,2-6H3,(H3-,53,54,55,56,58,61,62,63)/p+1/t42?,43?,44?,45?,52-/m1/s1. The molecule has 0 aliphatic carbocycles. The molecule has 5 atom stereocenters. The summed E-state index contributed by atoms with van der Waals surface area (Å²) in [6.07, 6.45) is 7.22. The van der Waals surface area contributed by atoms with Crippen LogP contribution in [0.3, 0.4) is 0 Å². The number of terminal acetylenes is 1. The summed E-state index contributed by atoms with van der Waals surface area (Å²) in [7, 11) is 0. The minimum atomic E-state index is -1.08. The number of aryl methyl sites for hydroxylation is 1. The van der Waals surface area contributed by atoms with Crippen molar-refractivity contribution < 1.29 is 47.5 Å². The number of amides is 4. The predicted molar refractivity (Wildman–Crippen MR) is 250 cm³/mol. The van der Waals surface area contributed by atoms with E-state index in [4.69, 9.17) is 20.6 Å². The van der Waals surface area contributed by atoms with Crippen LogP contribution in [0.5, 0.6) is 5.75 Å². The number of ether oxygens (including phenoxy) is 3. The Morgan fingerprint density at radius 2 is 1.26 bits per heavy atom. The van der Waals surface area contributed by atoms with Gasteiger partial charge >= 0.3 is 5.97 Å². The number of morpholine rings is 1. The summed E-state index contributed by atoms with van der Waals surface area (Å²) in [4.78, 5) is 82.8. The fourth-order valence-corrected chi connectivity index (χ4v) is 8.18. The molecule has 354 valence electrons. The Kier molecular flexibility index (Phi) is 19.0. The van der Waals surface area contributed by atoms with Gasteiger partial charge in [0.15, 0.2) is 12.3 Å². The lowest BCUT2D eigenvalue weighted by atomic mass is 9.93. The minimum Gasteiger partial charge on any atom is -0.427 e. The zero-order chi connectivity index (χ0) is 47.7. The largest absolute Gasteiger partial charge is 0.427 e. The molecular formula is C52H68N5O9+. The zero-order valence-corrected chi connectivity index (χ0v) is 39.1. The molecule has 14 nitrogen and oxygen atoms in total. The molecule has 14 heteroatoms. The minimum absolute atomic E-state index is 0.0348. The summed E-state index contributed by atoms with van der Waals surface area (Å²) in [6.45, 7) is 12.4. The third-order valence-corrected chi connectivity index (χ3v) is 12.0. The van der Waals surface area contributed by atoms with Gasteiger partial charge in [-0.1, -0.05) is 88.4 Å². The second-order valence-electron chi connectivity index (χ2n) is 18.7. The molecule has 2 saturated heterocycles. The highest BCUT2D eigenvalue weighted by Crippen LogP contribution is 2.30. The summed E-state index contributed by atoms with van der Waals surface area (Å²) >= 11 is 0. The first-order chi connectivity index (χ1) is 31.6. The summed E-state index contributed by atoms with van der Waals surface area (Å²) in [5.74, 6) is 0.338. The third kappa shape index (κ3) is 16.2. The van der Waals surface area contributed by atoms with Crippen molar-refractivity contribution in [2.45, 2.75) is 116 Å². The monoisotopic (exact) mass is 907 g/mol. The first-order valence-electron chi connectivity index (χ1n) is 23.2. The van der Waals surface area contributed by atoms with Crippen molar-refractivity contribution in [1.29, 1.82) is 0 Å². The molecule has 0 aromatic heterocycles. The number of epoxide rings is 1. The molecule has 4 amide bonds. The summed E-state index contributed by atoms with van der Waals surface area (Å²) in [5.41, 5.74) is 1.75. The molecule has 4 unspecified atom stereocenters. The molecule has 2 fully saturated rings. The average Bonchev–Trinajstić information content (AvgIpc) is 4.05. The number of quaternary nitrogens is 1. The van der Waals surface area contributed by atoms with Gasteiger partial charge in [0.2, 0.25) is 17.7 Å².